The Morgan fingerprint density at radius 3 is 2.25 bits per heavy atom. The summed E-state index contributed by atoms with van der Waals surface area (Å²) in [4.78, 5) is 24.8. The van der Waals surface area contributed by atoms with E-state index in [1.807, 2.05) is 6.92 Å². The largest absolute Gasteiger partial charge is 0.481 e. The summed E-state index contributed by atoms with van der Waals surface area (Å²) in [5.41, 5.74) is 1.40. The lowest BCUT2D eigenvalue weighted by molar-refractivity contribution is -0.223. The van der Waals surface area contributed by atoms with Crippen molar-refractivity contribution in [2.24, 2.45) is 56.7 Å². The third-order valence-corrected chi connectivity index (χ3v) is 13.8. The zero-order valence-corrected chi connectivity index (χ0v) is 24.1. The summed E-state index contributed by atoms with van der Waals surface area (Å²) in [5.74, 6) is 1.47. The molecule has 0 aliphatic heterocycles. The van der Waals surface area contributed by atoms with Crippen LogP contribution in [-0.2, 0) is 14.3 Å². The van der Waals surface area contributed by atoms with Crippen molar-refractivity contribution in [2.45, 2.75) is 119 Å². The van der Waals surface area contributed by atoms with E-state index in [9.17, 15) is 14.7 Å². The summed E-state index contributed by atoms with van der Waals surface area (Å²) in [6, 6.07) is 0. The average Bonchev–Trinajstić information content (AvgIpc) is 2.79. The van der Waals surface area contributed by atoms with E-state index in [1.165, 1.54) is 32.6 Å². The molecule has 0 unspecified atom stereocenters. The van der Waals surface area contributed by atoms with Gasteiger partial charge < -0.3 is 9.84 Å². The van der Waals surface area contributed by atoms with Gasteiger partial charge in [-0.2, -0.15) is 0 Å². The molecule has 0 aromatic rings. The highest BCUT2D eigenvalue weighted by Crippen LogP contribution is 2.75. The summed E-state index contributed by atoms with van der Waals surface area (Å²) in [5, 5.41) is 10.5. The Morgan fingerprint density at radius 2 is 1.61 bits per heavy atom. The molecule has 1 N–H and O–H groups in total. The number of ether oxygens (including phenoxy) is 1. The highest BCUT2D eigenvalue weighted by molar-refractivity contribution is 5.77. The standard InChI is InChI=1S/C32H50O4/c1-19-11-14-28(4)17-18-30(6)22(26(28)20(19)2)9-10-23-29(5)15-13-25(36-21(3)33)32(8,27(34)35)24(29)12-16-31(23,30)7/h9,19-20,23-26H,10-18H2,1-8H3,(H,34,35)/t19-,20+,23-,24-,25+,26+,28-,29-,30-,31-,32+/m1/s1. The van der Waals surface area contributed by atoms with Crippen molar-refractivity contribution in [1.82, 2.24) is 0 Å². The van der Waals surface area contributed by atoms with Crippen molar-refractivity contribution in [1.29, 1.82) is 0 Å². The summed E-state index contributed by atoms with van der Waals surface area (Å²) < 4.78 is 5.69. The molecule has 0 radical (unpaired) electrons. The molecule has 0 aromatic carbocycles. The topological polar surface area (TPSA) is 63.6 Å². The van der Waals surface area contributed by atoms with Crippen LogP contribution in [0.25, 0.3) is 0 Å². The number of hydrogen-bond donors (Lipinski definition) is 1. The van der Waals surface area contributed by atoms with Gasteiger partial charge in [-0.25, -0.2) is 0 Å². The minimum absolute atomic E-state index is 0.0136. The number of carboxylic acids is 1. The van der Waals surface area contributed by atoms with Crippen LogP contribution in [0.15, 0.2) is 11.6 Å². The van der Waals surface area contributed by atoms with Crippen LogP contribution in [-0.4, -0.2) is 23.1 Å². The van der Waals surface area contributed by atoms with E-state index < -0.39 is 17.5 Å². The minimum Gasteiger partial charge on any atom is -0.481 e. The minimum atomic E-state index is -1.04. The van der Waals surface area contributed by atoms with E-state index in [0.29, 0.717) is 23.7 Å². The van der Waals surface area contributed by atoms with Crippen LogP contribution in [0.4, 0.5) is 0 Å². The molecule has 5 aliphatic rings. The highest BCUT2D eigenvalue weighted by Gasteiger charge is 2.70. The van der Waals surface area contributed by atoms with Gasteiger partial charge in [-0.05, 0) is 116 Å². The fourth-order valence-corrected chi connectivity index (χ4v) is 11.2. The van der Waals surface area contributed by atoms with Crippen LogP contribution in [0, 0.1) is 56.7 Å². The molecule has 0 heterocycles. The lowest BCUT2D eigenvalue weighted by Gasteiger charge is -2.71. The Bertz CT molecular complexity index is 985. The van der Waals surface area contributed by atoms with Gasteiger partial charge in [0.1, 0.15) is 11.5 Å². The van der Waals surface area contributed by atoms with Gasteiger partial charge in [-0.3, -0.25) is 9.59 Å². The number of allylic oxidation sites excluding steroid dienone is 2. The molecular weight excluding hydrogens is 448 g/mol. The number of hydrogen-bond acceptors (Lipinski definition) is 3. The number of fused-ring (bicyclic) bond motifs is 7. The summed E-state index contributed by atoms with van der Waals surface area (Å²) in [7, 11) is 0. The van der Waals surface area contributed by atoms with Gasteiger partial charge in [0.2, 0.25) is 0 Å². The average molecular weight is 499 g/mol. The summed E-state index contributed by atoms with van der Waals surface area (Å²) in [6.45, 7) is 18.4. The zero-order valence-electron chi connectivity index (χ0n) is 24.1. The van der Waals surface area contributed by atoms with Crippen molar-refractivity contribution < 1.29 is 19.4 Å². The molecule has 0 bridgehead atoms. The van der Waals surface area contributed by atoms with Crippen LogP contribution in [0.1, 0.15) is 113 Å². The van der Waals surface area contributed by atoms with Gasteiger partial charge in [-0.15, -0.1) is 0 Å². The second-order valence-electron chi connectivity index (χ2n) is 15.0. The molecule has 0 spiro atoms. The number of rotatable bonds is 2. The quantitative estimate of drug-likeness (QED) is 0.313. The second kappa shape index (κ2) is 8.09. The van der Waals surface area contributed by atoms with E-state index in [1.54, 1.807) is 5.57 Å². The molecule has 36 heavy (non-hydrogen) atoms. The predicted molar refractivity (Wildman–Crippen MR) is 142 cm³/mol. The van der Waals surface area contributed by atoms with Gasteiger partial charge in [0.25, 0.3) is 0 Å². The molecule has 0 saturated heterocycles. The van der Waals surface area contributed by atoms with Crippen LogP contribution < -0.4 is 0 Å². The highest BCUT2D eigenvalue weighted by atomic mass is 16.5. The predicted octanol–water partition coefficient (Wildman–Crippen LogP) is 7.66. The molecule has 4 nitrogen and oxygen atoms in total. The zero-order chi connectivity index (χ0) is 26.5. The Balaban J connectivity index is 1.57. The molecule has 202 valence electrons. The number of esters is 1. The Kier molecular flexibility index (Phi) is 5.91. The second-order valence-corrected chi connectivity index (χ2v) is 15.0. The molecule has 4 fully saturated rings. The number of carbonyl (C=O) groups excluding carboxylic acids is 1. The lowest BCUT2D eigenvalue weighted by Crippen LogP contribution is -2.66. The van der Waals surface area contributed by atoms with Gasteiger partial charge in [-0.1, -0.05) is 53.2 Å². The van der Waals surface area contributed by atoms with Gasteiger partial charge in [0.15, 0.2) is 0 Å². The van der Waals surface area contributed by atoms with E-state index in [-0.39, 0.29) is 28.1 Å². The van der Waals surface area contributed by atoms with Crippen LogP contribution >= 0.6 is 0 Å². The fourth-order valence-electron chi connectivity index (χ4n) is 11.2. The first-order chi connectivity index (χ1) is 16.6. The van der Waals surface area contributed by atoms with Crippen molar-refractivity contribution in [3.63, 3.8) is 0 Å². The maximum atomic E-state index is 12.9. The Morgan fingerprint density at radius 1 is 0.917 bits per heavy atom. The fraction of sp³-hybridized carbons (Fsp3) is 0.875. The van der Waals surface area contributed by atoms with Crippen molar-refractivity contribution >= 4 is 11.9 Å². The first-order valence-corrected chi connectivity index (χ1v) is 14.8. The SMILES string of the molecule is CC(=O)O[C@H]1CC[C@@]2(C)[C@@H](CC[C@]3(C)[C@@H]2CC=C2[C@@H]4[C@@H](C)[C@H](C)CC[C@]4(C)CC[C@]23C)[C@]1(C)C(=O)O. The number of aliphatic carboxylic acids is 1. The van der Waals surface area contributed by atoms with Crippen molar-refractivity contribution in [3.05, 3.63) is 11.6 Å². The molecule has 0 aromatic heterocycles. The van der Waals surface area contributed by atoms with E-state index >= 15 is 0 Å². The Labute approximate surface area is 219 Å². The number of carboxylic acid groups (broad SMARTS) is 1. The van der Waals surface area contributed by atoms with Crippen LogP contribution in [0.5, 0.6) is 0 Å². The molecule has 0 amide bonds. The van der Waals surface area contributed by atoms with Gasteiger partial charge in [0.05, 0.1) is 0 Å². The third kappa shape index (κ3) is 3.17. The summed E-state index contributed by atoms with van der Waals surface area (Å²) >= 11 is 0. The molecule has 4 saturated carbocycles. The van der Waals surface area contributed by atoms with Crippen LogP contribution in [0.2, 0.25) is 0 Å². The number of carbonyl (C=O) groups is 2. The maximum Gasteiger partial charge on any atom is 0.313 e. The van der Waals surface area contributed by atoms with Gasteiger partial charge >= 0.3 is 11.9 Å². The maximum absolute atomic E-state index is 12.9. The molecule has 5 rings (SSSR count). The lowest BCUT2D eigenvalue weighted by atomic mass is 9.33. The molecule has 11 atom stereocenters. The monoisotopic (exact) mass is 498 g/mol. The van der Waals surface area contributed by atoms with Crippen molar-refractivity contribution in [2.75, 3.05) is 0 Å². The van der Waals surface area contributed by atoms with E-state index in [2.05, 4.69) is 47.6 Å². The first kappa shape index (κ1) is 26.3. The third-order valence-electron chi connectivity index (χ3n) is 13.8. The summed E-state index contributed by atoms with van der Waals surface area (Å²) in [6.07, 6.45) is 12.0. The van der Waals surface area contributed by atoms with Crippen molar-refractivity contribution in [3.8, 4) is 0 Å². The smallest absolute Gasteiger partial charge is 0.313 e. The molecule has 5 aliphatic carbocycles. The first-order valence-electron chi connectivity index (χ1n) is 14.8. The Hall–Kier alpha value is -1.32. The van der Waals surface area contributed by atoms with E-state index in [4.69, 9.17) is 4.74 Å². The van der Waals surface area contributed by atoms with E-state index in [0.717, 1.165) is 37.5 Å². The van der Waals surface area contributed by atoms with Crippen LogP contribution in [0.3, 0.4) is 0 Å². The molecule has 4 heteroatoms. The molecular formula is C32H50O4. The normalized spacial score (nSPS) is 54.2. The van der Waals surface area contributed by atoms with Gasteiger partial charge in [0, 0.05) is 6.92 Å².